The van der Waals surface area contributed by atoms with E-state index in [1.165, 1.54) is 12.8 Å². The van der Waals surface area contributed by atoms with Crippen LogP contribution in [0.3, 0.4) is 0 Å². The molecule has 1 fully saturated rings. The summed E-state index contributed by atoms with van der Waals surface area (Å²) in [6, 6.07) is 5.64. The number of nitrogens with two attached hydrogens (primary N) is 1. The summed E-state index contributed by atoms with van der Waals surface area (Å²) in [5.41, 5.74) is 7.74. The van der Waals surface area contributed by atoms with Gasteiger partial charge in [0.25, 0.3) is 0 Å². The van der Waals surface area contributed by atoms with Gasteiger partial charge >= 0.3 is 0 Å². The highest BCUT2D eigenvalue weighted by Crippen LogP contribution is 2.31. The van der Waals surface area contributed by atoms with Crippen LogP contribution in [0, 0.1) is 10.8 Å². The molecule has 2 rings (SSSR count). The Morgan fingerprint density at radius 1 is 1.37 bits per heavy atom. The summed E-state index contributed by atoms with van der Waals surface area (Å²) in [5, 5.41) is 8.11. The van der Waals surface area contributed by atoms with Gasteiger partial charge in [0.05, 0.1) is 0 Å². The first-order valence-corrected chi connectivity index (χ1v) is 7.10. The molecule has 1 heterocycles. The summed E-state index contributed by atoms with van der Waals surface area (Å²) in [6.07, 6.45) is 2.46. The molecule has 1 aliphatic heterocycles. The van der Waals surface area contributed by atoms with Gasteiger partial charge in [-0.15, -0.1) is 0 Å². The summed E-state index contributed by atoms with van der Waals surface area (Å²) in [4.78, 5) is 2.44. The summed E-state index contributed by atoms with van der Waals surface area (Å²) in [6.45, 7) is 7.79. The zero-order chi connectivity index (χ0) is 14.0. The van der Waals surface area contributed by atoms with Gasteiger partial charge in [-0.1, -0.05) is 37.6 Å². The summed E-state index contributed by atoms with van der Waals surface area (Å²) in [7, 11) is 0. The molecule has 4 heteroatoms. The van der Waals surface area contributed by atoms with Gasteiger partial charge in [-0.25, -0.2) is 0 Å². The molecule has 1 aromatic carbocycles. The largest absolute Gasteiger partial charge is 0.384 e. The lowest BCUT2D eigenvalue weighted by atomic mass is 9.82. The van der Waals surface area contributed by atoms with E-state index in [-0.39, 0.29) is 5.84 Å². The molecular formula is C15H22ClN3. The molecule has 0 unspecified atom stereocenters. The zero-order valence-corrected chi connectivity index (χ0v) is 12.4. The Bertz CT molecular complexity index is 472. The number of nitrogens with one attached hydrogen (secondary N) is 1. The molecule has 0 spiro atoms. The lowest BCUT2D eigenvalue weighted by Crippen LogP contribution is -2.36. The topological polar surface area (TPSA) is 53.1 Å². The van der Waals surface area contributed by atoms with Crippen LogP contribution in [-0.2, 0) is 6.54 Å². The number of benzene rings is 1. The fraction of sp³-hybridized carbons (Fsp3) is 0.533. The van der Waals surface area contributed by atoms with E-state index in [9.17, 15) is 0 Å². The van der Waals surface area contributed by atoms with Crippen molar-refractivity contribution in [1.82, 2.24) is 4.90 Å². The van der Waals surface area contributed by atoms with E-state index in [4.69, 9.17) is 22.7 Å². The van der Waals surface area contributed by atoms with Crippen molar-refractivity contribution in [3.8, 4) is 0 Å². The molecule has 19 heavy (non-hydrogen) atoms. The predicted octanol–water partition coefficient (Wildman–Crippen LogP) is 3.25. The standard InChI is InChI=1S/C15H22ClN3/c1-15(2)5-7-19(8-6-15)10-12-4-3-11(14(17)18)9-13(12)16/h3-4,9H,5-8,10H2,1-2H3,(H3,17,18). The number of rotatable bonds is 3. The molecule has 0 atom stereocenters. The van der Waals surface area contributed by atoms with Crippen LogP contribution < -0.4 is 5.73 Å². The van der Waals surface area contributed by atoms with Crippen LogP contribution >= 0.6 is 11.6 Å². The van der Waals surface area contributed by atoms with Crippen molar-refractivity contribution in [2.75, 3.05) is 13.1 Å². The third-order valence-corrected chi connectivity index (χ3v) is 4.32. The van der Waals surface area contributed by atoms with Gasteiger partial charge < -0.3 is 5.73 Å². The Balaban J connectivity index is 2.02. The minimum absolute atomic E-state index is 0.0631. The van der Waals surface area contributed by atoms with E-state index in [1.807, 2.05) is 12.1 Å². The average molecular weight is 280 g/mol. The van der Waals surface area contributed by atoms with Crippen LogP contribution in [0.4, 0.5) is 0 Å². The molecule has 0 amide bonds. The molecule has 0 bridgehead atoms. The van der Waals surface area contributed by atoms with Gasteiger partial charge in [0.2, 0.25) is 0 Å². The first-order valence-electron chi connectivity index (χ1n) is 6.73. The highest BCUT2D eigenvalue weighted by atomic mass is 35.5. The second kappa shape index (κ2) is 5.51. The minimum Gasteiger partial charge on any atom is -0.384 e. The Morgan fingerprint density at radius 2 is 2.00 bits per heavy atom. The Hall–Kier alpha value is -1.06. The average Bonchev–Trinajstić information content (AvgIpc) is 2.34. The zero-order valence-electron chi connectivity index (χ0n) is 11.7. The number of amidine groups is 1. The molecule has 1 aliphatic rings. The summed E-state index contributed by atoms with van der Waals surface area (Å²) < 4.78 is 0. The first kappa shape index (κ1) is 14.4. The number of nitrogen functional groups attached to an aromatic ring is 1. The molecule has 0 radical (unpaired) electrons. The van der Waals surface area contributed by atoms with Gasteiger partial charge in [-0.2, -0.15) is 0 Å². The molecule has 0 aliphatic carbocycles. The lowest BCUT2D eigenvalue weighted by molar-refractivity contribution is 0.127. The maximum absolute atomic E-state index is 7.41. The van der Waals surface area contributed by atoms with E-state index in [0.29, 0.717) is 16.0 Å². The van der Waals surface area contributed by atoms with Crippen molar-refractivity contribution < 1.29 is 0 Å². The van der Waals surface area contributed by atoms with E-state index in [1.54, 1.807) is 6.07 Å². The van der Waals surface area contributed by atoms with Crippen molar-refractivity contribution in [3.63, 3.8) is 0 Å². The van der Waals surface area contributed by atoms with Gasteiger partial charge in [-0.05, 0) is 43.0 Å². The Kier molecular flexibility index (Phi) is 4.16. The number of nitrogens with zero attached hydrogens (tertiary/aromatic N) is 1. The van der Waals surface area contributed by atoms with Crippen molar-refractivity contribution in [2.45, 2.75) is 33.2 Å². The van der Waals surface area contributed by atoms with E-state index < -0.39 is 0 Å². The second-order valence-corrected chi connectivity index (χ2v) is 6.57. The number of likely N-dealkylation sites (tertiary alicyclic amines) is 1. The van der Waals surface area contributed by atoms with Crippen LogP contribution in [0.5, 0.6) is 0 Å². The van der Waals surface area contributed by atoms with Gasteiger partial charge in [0.15, 0.2) is 0 Å². The second-order valence-electron chi connectivity index (χ2n) is 6.16. The van der Waals surface area contributed by atoms with Gasteiger partial charge in [0, 0.05) is 17.1 Å². The van der Waals surface area contributed by atoms with Crippen molar-refractivity contribution in [3.05, 3.63) is 34.3 Å². The molecular weight excluding hydrogens is 258 g/mol. The maximum Gasteiger partial charge on any atom is 0.122 e. The monoisotopic (exact) mass is 279 g/mol. The van der Waals surface area contributed by atoms with Crippen LogP contribution in [0.1, 0.15) is 37.8 Å². The number of hydrogen-bond donors (Lipinski definition) is 2. The van der Waals surface area contributed by atoms with Crippen molar-refractivity contribution in [2.24, 2.45) is 11.1 Å². The molecule has 3 N–H and O–H groups in total. The molecule has 1 saturated heterocycles. The molecule has 0 aromatic heterocycles. The third-order valence-electron chi connectivity index (χ3n) is 3.97. The highest BCUT2D eigenvalue weighted by Gasteiger charge is 2.25. The predicted molar refractivity (Wildman–Crippen MR) is 80.8 cm³/mol. The first-order chi connectivity index (χ1) is 8.87. The van der Waals surface area contributed by atoms with Crippen molar-refractivity contribution in [1.29, 1.82) is 5.41 Å². The van der Waals surface area contributed by atoms with Gasteiger partial charge in [0.1, 0.15) is 5.84 Å². The number of hydrogen-bond acceptors (Lipinski definition) is 2. The fourth-order valence-electron chi connectivity index (χ4n) is 2.40. The highest BCUT2D eigenvalue weighted by molar-refractivity contribution is 6.31. The van der Waals surface area contributed by atoms with Crippen LogP contribution in [0.25, 0.3) is 0 Å². The molecule has 104 valence electrons. The SMILES string of the molecule is CC1(C)CCN(Cc2ccc(C(=N)N)cc2Cl)CC1. The van der Waals surface area contributed by atoms with Gasteiger partial charge in [-0.3, -0.25) is 10.3 Å². The quantitative estimate of drug-likeness (QED) is 0.659. The normalized spacial score (nSPS) is 19.3. The fourth-order valence-corrected chi connectivity index (χ4v) is 2.64. The molecule has 3 nitrogen and oxygen atoms in total. The van der Waals surface area contributed by atoms with Crippen LogP contribution in [-0.4, -0.2) is 23.8 Å². The van der Waals surface area contributed by atoms with E-state index >= 15 is 0 Å². The van der Waals surface area contributed by atoms with E-state index in [2.05, 4.69) is 18.7 Å². The van der Waals surface area contributed by atoms with Crippen LogP contribution in [0.15, 0.2) is 18.2 Å². The lowest BCUT2D eigenvalue weighted by Gasteiger charge is -2.37. The molecule has 1 aromatic rings. The number of halogens is 1. The Labute approximate surface area is 120 Å². The third kappa shape index (κ3) is 3.71. The number of piperidine rings is 1. The van der Waals surface area contributed by atoms with Crippen LogP contribution in [0.2, 0.25) is 5.02 Å². The smallest absolute Gasteiger partial charge is 0.122 e. The summed E-state index contributed by atoms with van der Waals surface area (Å²) in [5.74, 6) is 0.0631. The minimum atomic E-state index is 0.0631. The molecule has 0 saturated carbocycles. The van der Waals surface area contributed by atoms with E-state index in [0.717, 1.165) is 25.2 Å². The van der Waals surface area contributed by atoms with Crippen molar-refractivity contribution >= 4 is 17.4 Å². The Morgan fingerprint density at radius 3 is 2.53 bits per heavy atom. The summed E-state index contributed by atoms with van der Waals surface area (Å²) >= 11 is 6.27. The maximum atomic E-state index is 7.41.